The van der Waals surface area contributed by atoms with Crippen LogP contribution in [0.5, 0.6) is 0 Å². The minimum Gasteiger partial charge on any atom is -0.366 e. The molecule has 0 spiro atoms. The van der Waals surface area contributed by atoms with E-state index in [1.165, 1.54) is 12.1 Å². The number of pyridine rings is 1. The van der Waals surface area contributed by atoms with E-state index < -0.39 is 11.6 Å². The number of nitrogens with zero attached hydrogens (tertiary/aromatic N) is 5. The zero-order valence-corrected chi connectivity index (χ0v) is 19.2. The number of halogens is 3. The maximum Gasteiger partial charge on any atom is 0.194 e. The Bertz CT molecular complexity index is 820. The molecule has 0 bridgehead atoms. The first-order chi connectivity index (χ1) is 13.5. The highest BCUT2D eigenvalue weighted by molar-refractivity contribution is 14.0. The number of nitrogens with one attached hydrogen (secondary N) is 1. The molecule has 0 radical (unpaired) electrons. The van der Waals surface area contributed by atoms with Crippen molar-refractivity contribution in [1.82, 2.24) is 15.2 Å². The summed E-state index contributed by atoms with van der Waals surface area (Å²) in [5.41, 5.74) is 1.38. The van der Waals surface area contributed by atoms with Crippen molar-refractivity contribution in [3.63, 3.8) is 0 Å². The van der Waals surface area contributed by atoms with Gasteiger partial charge in [0.2, 0.25) is 0 Å². The molecule has 0 aliphatic carbocycles. The van der Waals surface area contributed by atoms with Crippen molar-refractivity contribution in [2.75, 3.05) is 57.1 Å². The number of hydrogen-bond acceptors (Lipinski definition) is 4. The summed E-state index contributed by atoms with van der Waals surface area (Å²) in [5, 5.41) is 3.35. The molecule has 158 valence electrons. The fourth-order valence-corrected chi connectivity index (χ4v) is 3.19. The van der Waals surface area contributed by atoms with Gasteiger partial charge in [0.05, 0.1) is 5.69 Å². The van der Waals surface area contributed by atoms with Gasteiger partial charge in [-0.15, -0.1) is 24.0 Å². The van der Waals surface area contributed by atoms with E-state index in [9.17, 15) is 8.78 Å². The highest BCUT2D eigenvalue weighted by Gasteiger charge is 2.22. The Kier molecular flexibility index (Phi) is 8.42. The molecule has 1 aliphatic rings. The normalized spacial score (nSPS) is 14.4. The fraction of sp³-hybridized carbons (Fsp3) is 0.400. The van der Waals surface area contributed by atoms with Crippen LogP contribution >= 0.6 is 24.0 Å². The van der Waals surface area contributed by atoms with Gasteiger partial charge in [-0.05, 0) is 23.8 Å². The summed E-state index contributed by atoms with van der Waals surface area (Å²) >= 11 is 0. The van der Waals surface area contributed by atoms with Crippen molar-refractivity contribution in [2.45, 2.75) is 6.54 Å². The van der Waals surface area contributed by atoms with Crippen LogP contribution in [0.15, 0.2) is 41.5 Å². The van der Waals surface area contributed by atoms with Crippen LogP contribution in [0.25, 0.3) is 0 Å². The molecule has 1 fully saturated rings. The van der Waals surface area contributed by atoms with Crippen molar-refractivity contribution in [2.24, 2.45) is 4.99 Å². The van der Waals surface area contributed by atoms with Crippen LogP contribution in [0.2, 0.25) is 0 Å². The van der Waals surface area contributed by atoms with Gasteiger partial charge in [0, 0.05) is 66.1 Å². The average molecular weight is 516 g/mol. The van der Waals surface area contributed by atoms with Crippen LogP contribution in [0.1, 0.15) is 5.56 Å². The van der Waals surface area contributed by atoms with Gasteiger partial charge in [-0.2, -0.15) is 0 Å². The molecule has 1 aliphatic heterocycles. The smallest absolute Gasteiger partial charge is 0.194 e. The van der Waals surface area contributed by atoms with Gasteiger partial charge in [0.1, 0.15) is 17.5 Å². The highest BCUT2D eigenvalue weighted by atomic mass is 127. The van der Waals surface area contributed by atoms with E-state index in [4.69, 9.17) is 0 Å². The number of aliphatic imine (C=N–C) groups is 1. The SMILES string of the molecule is CN=C(NCc1ccc(N(C)C)nc1)N1CCN(c2cc(F)ccc2F)CC1.I. The number of piperazine rings is 1. The summed E-state index contributed by atoms with van der Waals surface area (Å²) in [7, 11) is 5.66. The van der Waals surface area contributed by atoms with Crippen LogP contribution in [0.3, 0.4) is 0 Å². The van der Waals surface area contributed by atoms with E-state index in [1.54, 1.807) is 7.05 Å². The first kappa shape index (κ1) is 23.1. The van der Waals surface area contributed by atoms with Crippen molar-refractivity contribution >= 4 is 41.4 Å². The third-order valence-corrected chi connectivity index (χ3v) is 4.76. The van der Waals surface area contributed by atoms with Crippen molar-refractivity contribution in [1.29, 1.82) is 0 Å². The molecule has 9 heteroatoms. The van der Waals surface area contributed by atoms with Gasteiger partial charge in [-0.1, -0.05) is 6.07 Å². The number of guanidine groups is 1. The molecule has 0 atom stereocenters. The standard InChI is InChI=1S/C20H26F2N6.HI/c1-23-20(25-14-15-4-7-19(24-13-15)26(2)3)28-10-8-27(9-11-28)18-12-16(21)5-6-17(18)22;/h4-7,12-13H,8-11,14H2,1-3H3,(H,23,25);1H. The van der Waals surface area contributed by atoms with Crippen LogP contribution in [-0.4, -0.2) is 63.2 Å². The largest absolute Gasteiger partial charge is 0.366 e. The number of benzene rings is 1. The van der Waals surface area contributed by atoms with Crippen LogP contribution in [0, 0.1) is 11.6 Å². The Labute approximate surface area is 187 Å². The minimum atomic E-state index is -0.426. The summed E-state index contributed by atoms with van der Waals surface area (Å²) in [5.74, 6) is 0.876. The molecule has 1 N–H and O–H groups in total. The molecule has 2 aromatic rings. The summed E-state index contributed by atoms with van der Waals surface area (Å²) in [6.07, 6.45) is 1.85. The molecule has 3 rings (SSSR count). The Morgan fingerprint density at radius 3 is 2.45 bits per heavy atom. The second-order valence-electron chi connectivity index (χ2n) is 6.89. The quantitative estimate of drug-likeness (QED) is 0.385. The molecule has 2 heterocycles. The summed E-state index contributed by atoms with van der Waals surface area (Å²) in [6, 6.07) is 7.58. The average Bonchev–Trinajstić information content (AvgIpc) is 2.71. The minimum absolute atomic E-state index is 0. The Morgan fingerprint density at radius 2 is 1.86 bits per heavy atom. The van der Waals surface area contributed by atoms with Crippen LogP contribution in [-0.2, 0) is 6.54 Å². The Morgan fingerprint density at radius 1 is 1.14 bits per heavy atom. The van der Waals surface area contributed by atoms with E-state index in [2.05, 4.69) is 20.2 Å². The second kappa shape index (κ2) is 10.6. The zero-order chi connectivity index (χ0) is 20.1. The van der Waals surface area contributed by atoms with E-state index in [0.717, 1.165) is 23.4 Å². The lowest BCUT2D eigenvalue weighted by Crippen LogP contribution is -2.52. The number of aromatic nitrogens is 1. The maximum atomic E-state index is 14.0. The van der Waals surface area contributed by atoms with Gasteiger partial charge < -0.3 is 20.0 Å². The summed E-state index contributed by atoms with van der Waals surface area (Å²) in [4.78, 5) is 14.7. The maximum absolute atomic E-state index is 14.0. The van der Waals surface area contributed by atoms with E-state index in [0.29, 0.717) is 38.4 Å². The van der Waals surface area contributed by atoms with E-state index in [-0.39, 0.29) is 24.0 Å². The molecular formula is C20H27F2IN6. The van der Waals surface area contributed by atoms with Crippen LogP contribution < -0.4 is 15.1 Å². The first-order valence-electron chi connectivity index (χ1n) is 9.26. The molecule has 1 aromatic carbocycles. The van der Waals surface area contributed by atoms with Gasteiger partial charge in [0.25, 0.3) is 0 Å². The van der Waals surface area contributed by atoms with Crippen molar-refractivity contribution < 1.29 is 8.78 Å². The number of rotatable bonds is 4. The fourth-order valence-electron chi connectivity index (χ4n) is 3.19. The van der Waals surface area contributed by atoms with E-state index in [1.807, 2.05) is 42.2 Å². The van der Waals surface area contributed by atoms with E-state index >= 15 is 0 Å². The lowest BCUT2D eigenvalue weighted by molar-refractivity contribution is 0.370. The predicted molar refractivity (Wildman–Crippen MR) is 124 cm³/mol. The molecule has 0 saturated carbocycles. The lowest BCUT2D eigenvalue weighted by atomic mass is 10.2. The monoisotopic (exact) mass is 516 g/mol. The Balaban J connectivity index is 0.00000300. The summed E-state index contributed by atoms with van der Waals surface area (Å²) in [6.45, 7) is 3.16. The van der Waals surface area contributed by atoms with Gasteiger partial charge >= 0.3 is 0 Å². The summed E-state index contributed by atoms with van der Waals surface area (Å²) < 4.78 is 27.4. The predicted octanol–water partition coefficient (Wildman–Crippen LogP) is 2.94. The van der Waals surface area contributed by atoms with Gasteiger partial charge in [-0.3, -0.25) is 4.99 Å². The Hall–Kier alpha value is -2.17. The molecular weight excluding hydrogens is 489 g/mol. The van der Waals surface area contributed by atoms with Crippen molar-refractivity contribution in [3.05, 3.63) is 53.7 Å². The molecule has 29 heavy (non-hydrogen) atoms. The van der Waals surface area contributed by atoms with Gasteiger partial charge in [0.15, 0.2) is 5.96 Å². The molecule has 1 aromatic heterocycles. The third kappa shape index (κ3) is 5.91. The first-order valence-corrected chi connectivity index (χ1v) is 9.26. The lowest BCUT2D eigenvalue weighted by Gasteiger charge is -2.37. The zero-order valence-electron chi connectivity index (χ0n) is 16.9. The van der Waals surface area contributed by atoms with Gasteiger partial charge in [-0.25, -0.2) is 13.8 Å². The second-order valence-corrected chi connectivity index (χ2v) is 6.89. The molecule has 0 amide bonds. The van der Waals surface area contributed by atoms with Crippen molar-refractivity contribution in [3.8, 4) is 0 Å². The molecule has 1 saturated heterocycles. The van der Waals surface area contributed by atoms with Crippen LogP contribution in [0.4, 0.5) is 20.3 Å². The third-order valence-electron chi connectivity index (χ3n) is 4.76. The number of hydrogen-bond donors (Lipinski definition) is 1. The topological polar surface area (TPSA) is 47.0 Å². The highest BCUT2D eigenvalue weighted by Crippen LogP contribution is 2.22. The molecule has 6 nitrogen and oxygen atoms in total. The number of anilines is 2. The molecule has 0 unspecified atom stereocenters.